The number of methoxy groups -OCH3 is 1. The van der Waals surface area contributed by atoms with Crippen LogP contribution in [0.2, 0.25) is 0 Å². The molecule has 0 unspecified atom stereocenters. The van der Waals surface area contributed by atoms with Gasteiger partial charge in [-0.15, -0.1) is 0 Å². The third-order valence-corrected chi connectivity index (χ3v) is 1.91. The van der Waals surface area contributed by atoms with E-state index in [-0.39, 0.29) is 11.3 Å². The normalized spacial score (nSPS) is 9.07. The van der Waals surface area contributed by atoms with Crippen molar-refractivity contribution < 1.29 is 9.53 Å². The first kappa shape index (κ1) is 10.8. The molecule has 0 aliphatic heterocycles. The Hall–Kier alpha value is -2.28. The second-order valence-electron chi connectivity index (χ2n) is 2.80. The van der Waals surface area contributed by atoms with Gasteiger partial charge < -0.3 is 9.72 Å². The molecule has 1 aromatic heterocycles. The van der Waals surface area contributed by atoms with E-state index >= 15 is 0 Å². The molecule has 0 bridgehead atoms. The minimum atomic E-state index is -0.491. The lowest BCUT2D eigenvalue weighted by Gasteiger charge is -1.95. The van der Waals surface area contributed by atoms with Gasteiger partial charge in [-0.3, -0.25) is 0 Å². The number of H-pyrrole nitrogens is 1. The summed E-state index contributed by atoms with van der Waals surface area (Å²) in [6.45, 7) is 7.14. The third-order valence-electron chi connectivity index (χ3n) is 1.91. The summed E-state index contributed by atoms with van der Waals surface area (Å²) in [5.74, 6) is -0.491. The molecule has 0 aromatic carbocycles. The molecule has 0 spiro atoms. The molecule has 0 radical (unpaired) electrons. The monoisotopic (exact) mass is 202 g/mol. The van der Waals surface area contributed by atoms with E-state index in [4.69, 9.17) is 5.26 Å². The van der Waals surface area contributed by atoms with Crippen LogP contribution >= 0.6 is 0 Å². The zero-order valence-electron chi connectivity index (χ0n) is 8.33. The molecule has 0 aliphatic rings. The van der Waals surface area contributed by atoms with Gasteiger partial charge in [0.2, 0.25) is 0 Å². The van der Waals surface area contributed by atoms with Gasteiger partial charge in [0.25, 0.3) is 0 Å². The molecule has 1 aromatic rings. The van der Waals surface area contributed by atoms with Gasteiger partial charge in [-0.1, -0.05) is 19.2 Å². The van der Waals surface area contributed by atoms with Crippen LogP contribution in [0.3, 0.4) is 0 Å². The van der Waals surface area contributed by atoms with Crippen molar-refractivity contribution >= 4 is 17.6 Å². The smallest absolute Gasteiger partial charge is 0.354 e. The summed E-state index contributed by atoms with van der Waals surface area (Å²) in [5, 5.41) is 8.69. The number of hydrogen-bond acceptors (Lipinski definition) is 3. The second-order valence-corrected chi connectivity index (χ2v) is 2.80. The molecule has 0 amide bonds. The van der Waals surface area contributed by atoms with Crippen LogP contribution in [0.5, 0.6) is 0 Å². The Morgan fingerprint density at radius 1 is 1.73 bits per heavy atom. The molecule has 0 saturated carbocycles. The number of carbonyl (C=O) groups excluding carboxylic acids is 1. The summed E-state index contributed by atoms with van der Waals surface area (Å²) in [6.07, 6.45) is 1.54. The highest BCUT2D eigenvalue weighted by Crippen LogP contribution is 2.19. The second kappa shape index (κ2) is 4.29. The van der Waals surface area contributed by atoms with Crippen molar-refractivity contribution in [3.63, 3.8) is 0 Å². The van der Waals surface area contributed by atoms with Gasteiger partial charge in [0.15, 0.2) is 0 Å². The van der Waals surface area contributed by atoms with E-state index in [0.717, 1.165) is 0 Å². The van der Waals surface area contributed by atoms with Crippen LogP contribution in [-0.4, -0.2) is 18.1 Å². The highest BCUT2D eigenvalue weighted by molar-refractivity contribution is 5.91. The molecule has 0 atom stereocenters. The summed E-state index contributed by atoms with van der Waals surface area (Å²) >= 11 is 0. The number of nitrogens with zero attached hydrogens (tertiary/aromatic N) is 1. The first-order valence-corrected chi connectivity index (χ1v) is 4.17. The standard InChI is InChI=1S/C11H10N2O2/c1-4-8-5-9(11(14)15-3)13-10(8)7(2)6-12/h4-5,13H,1-2H2,3H3. The zero-order valence-corrected chi connectivity index (χ0v) is 8.33. The van der Waals surface area contributed by atoms with Gasteiger partial charge in [-0.2, -0.15) is 5.26 Å². The number of hydrogen-bond donors (Lipinski definition) is 1. The number of allylic oxidation sites excluding steroid dienone is 1. The number of nitrogens with one attached hydrogen (secondary N) is 1. The van der Waals surface area contributed by atoms with Crippen molar-refractivity contribution in [1.29, 1.82) is 5.26 Å². The van der Waals surface area contributed by atoms with Crippen LogP contribution in [0.4, 0.5) is 0 Å². The van der Waals surface area contributed by atoms with E-state index in [1.807, 2.05) is 6.07 Å². The van der Waals surface area contributed by atoms with E-state index in [1.165, 1.54) is 7.11 Å². The van der Waals surface area contributed by atoms with Gasteiger partial charge in [0.05, 0.1) is 18.4 Å². The van der Waals surface area contributed by atoms with Gasteiger partial charge in [-0.05, 0) is 6.07 Å². The minimum Gasteiger partial charge on any atom is -0.464 e. The molecule has 15 heavy (non-hydrogen) atoms. The van der Waals surface area contributed by atoms with Crippen molar-refractivity contribution in [3.05, 3.63) is 36.2 Å². The summed E-state index contributed by atoms with van der Waals surface area (Å²) in [4.78, 5) is 14.0. The molecule has 0 aliphatic carbocycles. The predicted molar refractivity (Wildman–Crippen MR) is 56.9 cm³/mol. The first-order valence-electron chi connectivity index (χ1n) is 4.17. The van der Waals surface area contributed by atoms with Crippen molar-refractivity contribution in [2.24, 2.45) is 0 Å². The maximum Gasteiger partial charge on any atom is 0.354 e. The Balaban J connectivity index is 3.24. The topological polar surface area (TPSA) is 65.9 Å². The maximum atomic E-state index is 11.2. The summed E-state index contributed by atoms with van der Waals surface area (Å²) in [7, 11) is 1.29. The molecule has 4 nitrogen and oxygen atoms in total. The zero-order chi connectivity index (χ0) is 11.4. The van der Waals surface area contributed by atoms with Crippen LogP contribution in [0.25, 0.3) is 11.6 Å². The molecule has 0 saturated heterocycles. The molecule has 1 N–H and O–H groups in total. The van der Waals surface area contributed by atoms with Gasteiger partial charge in [0, 0.05) is 5.56 Å². The summed E-state index contributed by atoms with van der Waals surface area (Å²) in [6, 6.07) is 3.47. The lowest BCUT2D eigenvalue weighted by molar-refractivity contribution is 0.0595. The molecule has 0 fully saturated rings. The predicted octanol–water partition coefficient (Wildman–Crippen LogP) is 1.98. The van der Waals surface area contributed by atoms with Gasteiger partial charge in [0.1, 0.15) is 11.8 Å². The lowest BCUT2D eigenvalue weighted by atomic mass is 10.1. The molecule has 76 valence electrons. The van der Waals surface area contributed by atoms with E-state index < -0.39 is 5.97 Å². The number of nitriles is 1. The van der Waals surface area contributed by atoms with E-state index in [0.29, 0.717) is 11.3 Å². The number of ether oxygens (including phenoxy) is 1. The van der Waals surface area contributed by atoms with Crippen molar-refractivity contribution in [2.75, 3.05) is 7.11 Å². The molecule has 1 rings (SSSR count). The van der Waals surface area contributed by atoms with Gasteiger partial charge >= 0.3 is 5.97 Å². The van der Waals surface area contributed by atoms with E-state index in [1.54, 1.807) is 12.1 Å². The Morgan fingerprint density at radius 2 is 2.40 bits per heavy atom. The van der Waals surface area contributed by atoms with Crippen molar-refractivity contribution in [2.45, 2.75) is 0 Å². The average molecular weight is 202 g/mol. The lowest BCUT2D eigenvalue weighted by Crippen LogP contribution is -2.01. The van der Waals surface area contributed by atoms with Crippen LogP contribution in [0.1, 0.15) is 21.7 Å². The van der Waals surface area contributed by atoms with Gasteiger partial charge in [-0.25, -0.2) is 4.79 Å². The number of carbonyl (C=O) groups is 1. The molecule has 4 heteroatoms. The molecule has 1 heterocycles. The Kier molecular flexibility index (Phi) is 3.09. The highest BCUT2D eigenvalue weighted by Gasteiger charge is 2.13. The minimum absolute atomic E-state index is 0.250. The largest absolute Gasteiger partial charge is 0.464 e. The SMILES string of the molecule is C=Cc1cc(C(=O)OC)[nH]c1C(=C)C#N. The van der Waals surface area contributed by atoms with E-state index in [9.17, 15) is 4.79 Å². The van der Waals surface area contributed by atoms with Crippen LogP contribution in [0.15, 0.2) is 19.2 Å². The van der Waals surface area contributed by atoms with Crippen molar-refractivity contribution in [3.8, 4) is 6.07 Å². The highest BCUT2D eigenvalue weighted by atomic mass is 16.5. The fraction of sp³-hybridized carbons (Fsp3) is 0.0909. The third kappa shape index (κ3) is 1.97. The number of rotatable bonds is 3. The first-order chi connectivity index (χ1) is 7.13. The van der Waals surface area contributed by atoms with Crippen LogP contribution < -0.4 is 0 Å². The number of aromatic nitrogens is 1. The summed E-state index contributed by atoms with van der Waals surface area (Å²) < 4.78 is 4.55. The fourth-order valence-electron chi connectivity index (χ4n) is 1.16. The molecular weight excluding hydrogens is 192 g/mol. The Bertz CT molecular complexity index is 463. The average Bonchev–Trinajstić information content (AvgIpc) is 2.70. The quantitative estimate of drug-likeness (QED) is 0.602. The fourth-order valence-corrected chi connectivity index (χ4v) is 1.16. The Morgan fingerprint density at radius 3 is 2.87 bits per heavy atom. The number of aromatic amines is 1. The van der Waals surface area contributed by atoms with Crippen molar-refractivity contribution in [1.82, 2.24) is 4.98 Å². The van der Waals surface area contributed by atoms with Crippen LogP contribution in [0, 0.1) is 11.3 Å². The van der Waals surface area contributed by atoms with Crippen LogP contribution in [-0.2, 0) is 4.74 Å². The molecular formula is C11H10N2O2. The number of esters is 1. The Labute approximate surface area is 87.5 Å². The maximum absolute atomic E-state index is 11.2. The van der Waals surface area contributed by atoms with E-state index in [2.05, 4.69) is 22.9 Å². The summed E-state index contributed by atoms with van der Waals surface area (Å²) in [5.41, 5.74) is 1.67.